The maximum atomic E-state index is 14.0. The van der Waals surface area contributed by atoms with Crippen LogP contribution in [0.3, 0.4) is 0 Å². The molecule has 61 heavy (non-hydrogen) atoms. The van der Waals surface area contributed by atoms with E-state index in [0.717, 1.165) is 57.5 Å². The summed E-state index contributed by atoms with van der Waals surface area (Å²) in [6, 6.07) is 10.8. The first-order valence-electron chi connectivity index (χ1n) is 19.7. The Morgan fingerprint density at radius 3 is 1.77 bits per heavy atom. The Morgan fingerprint density at radius 2 is 1.23 bits per heavy atom. The van der Waals surface area contributed by atoms with Gasteiger partial charge in [0.05, 0.1) is 42.0 Å². The zero-order valence-electron chi connectivity index (χ0n) is 33.9. The van der Waals surface area contributed by atoms with Crippen LogP contribution < -0.4 is 10.6 Å². The topological polar surface area (TPSA) is 201 Å². The van der Waals surface area contributed by atoms with Gasteiger partial charge in [0.25, 0.3) is 23.6 Å². The third-order valence-electron chi connectivity index (χ3n) is 11.0. The van der Waals surface area contributed by atoms with Crippen LogP contribution in [0.4, 0.5) is 10.0 Å². The van der Waals surface area contributed by atoms with Crippen LogP contribution in [0.1, 0.15) is 105 Å². The maximum Gasteiger partial charge on any atom is 0.341 e. The lowest BCUT2D eigenvalue weighted by Gasteiger charge is -2.24. The highest BCUT2D eigenvalue weighted by atomic mass is 32.1. The quantitative estimate of drug-likeness (QED) is 0.0929. The predicted octanol–water partition coefficient (Wildman–Crippen LogP) is 5.82. The van der Waals surface area contributed by atoms with Crippen LogP contribution in [0.15, 0.2) is 48.5 Å². The van der Waals surface area contributed by atoms with Gasteiger partial charge < -0.3 is 29.6 Å². The molecular weight excluding hydrogens is 827 g/mol. The van der Waals surface area contributed by atoms with E-state index in [2.05, 4.69) is 24.5 Å². The lowest BCUT2D eigenvalue weighted by molar-refractivity contribution is -0.151. The second-order valence-corrected chi connectivity index (χ2v) is 17.5. The lowest BCUT2D eigenvalue weighted by Crippen LogP contribution is -2.47. The van der Waals surface area contributed by atoms with Crippen molar-refractivity contribution in [2.75, 3.05) is 38.1 Å². The molecule has 0 spiro atoms. The van der Waals surface area contributed by atoms with Gasteiger partial charge in [0.1, 0.15) is 16.0 Å². The second kappa shape index (κ2) is 18.2. The molecular formula is C44H43N3O12S2. The number of ether oxygens (including phenoxy) is 4. The number of nitrogens with zero attached hydrogens (tertiary/aromatic N) is 1. The van der Waals surface area contributed by atoms with E-state index in [1.54, 1.807) is 30.3 Å². The van der Waals surface area contributed by atoms with Gasteiger partial charge in [0, 0.05) is 16.2 Å². The zero-order chi connectivity index (χ0) is 43.5. The molecule has 0 unspecified atom stereocenters. The molecule has 3 aliphatic rings. The Bertz CT molecular complexity index is 2460. The number of anilines is 2. The number of hydrogen-bond donors (Lipinski definition) is 2. The Labute approximate surface area is 358 Å². The number of rotatable bonds is 13. The third-order valence-corrected chi connectivity index (χ3v) is 13.3. The number of benzene rings is 2. The fourth-order valence-electron chi connectivity index (χ4n) is 7.87. The highest BCUT2D eigenvalue weighted by Gasteiger charge is 2.44. The van der Waals surface area contributed by atoms with Crippen molar-refractivity contribution < 1.29 is 57.3 Å². The summed E-state index contributed by atoms with van der Waals surface area (Å²) in [4.78, 5) is 109. The number of fused-ring (bicyclic) bond motifs is 3. The number of amides is 4. The summed E-state index contributed by atoms with van der Waals surface area (Å²) in [5.41, 5.74) is 2.42. The number of hydrogen-bond acceptors (Lipinski definition) is 14. The van der Waals surface area contributed by atoms with Crippen molar-refractivity contribution in [2.24, 2.45) is 11.8 Å². The number of nitrogens with one attached hydrogen (secondary N) is 2. The van der Waals surface area contributed by atoms with Gasteiger partial charge >= 0.3 is 23.9 Å². The molecule has 3 heterocycles. The van der Waals surface area contributed by atoms with E-state index in [1.165, 1.54) is 49.0 Å². The minimum Gasteiger partial charge on any atom is -0.465 e. The maximum absolute atomic E-state index is 14.0. The van der Waals surface area contributed by atoms with E-state index in [9.17, 15) is 38.4 Å². The summed E-state index contributed by atoms with van der Waals surface area (Å²) >= 11 is 2.55. The van der Waals surface area contributed by atoms with Crippen molar-refractivity contribution in [1.29, 1.82) is 0 Å². The highest BCUT2D eigenvalue weighted by Crippen LogP contribution is 2.41. The van der Waals surface area contributed by atoms with Gasteiger partial charge in [0.2, 0.25) is 0 Å². The van der Waals surface area contributed by atoms with E-state index in [-0.39, 0.29) is 33.7 Å². The Morgan fingerprint density at radius 1 is 0.705 bits per heavy atom. The van der Waals surface area contributed by atoms with Crippen LogP contribution in [-0.4, -0.2) is 85.9 Å². The van der Waals surface area contributed by atoms with Gasteiger partial charge in [-0.2, -0.15) is 0 Å². The van der Waals surface area contributed by atoms with Crippen LogP contribution in [0.2, 0.25) is 0 Å². The van der Waals surface area contributed by atoms with Crippen molar-refractivity contribution in [2.45, 2.75) is 64.8 Å². The molecule has 7 rings (SSSR count). The molecule has 2 aromatic heterocycles. The fourth-order valence-corrected chi connectivity index (χ4v) is 10.7. The standard InChI is InChI=1S/C44H43N3O12S2/c1-22-10-13-27-31(16-22)60-37(35(27)43(54)56-3)45-33(48)20-58-41(52)25-12-15-26-29(19-25)40(51)47(39(26)50)30(18-24-8-6-5-7-9-24)42(53)59-21-34(49)46-38-36(44(55)57-4)28-14-11-23(2)17-32(28)61-38/h5-9,12,15,19,22-23,30H,10-11,13-14,16-18,20-21H2,1-4H3,(H,45,48)(H,46,49)/t22-,23+,30+/m0/s1. The van der Waals surface area contributed by atoms with Crippen molar-refractivity contribution >= 4 is 80.2 Å². The zero-order valence-corrected chi connectivity index (χ0v) is 35.5. The SMILES string of the molecule is COC(=O)c1c(NC(=O)COC(=O)[C@@H](Cc2ccccc2)N2C(=O)c3ccc(C(=O)OCC(=O)Nc4sc5c(c4C(=O)OC)CC[C@H](C)C5)cc3C2=O)sc2c1CC[C@@H](C)C2. The Balaban J connectivity index is 1.03. The largest absolute Gasteiger partial charge is 0.465 e. The van der Waals surface area contributed by atoms with Crippen molar-refractivity contribution in [3.8, 4) is 0 Å². The molecule has 0 saturated heterocycles. The fraction of sp³-hybridized carbons (Fsp3) is 0.364. The van der Waals surface area contributed by atoms with Crippen LogP contribution in [0.25, 0.3) is 0 Å². The summed E-state index contributed by atoms with van der Waals surface area (Å²) in [6.07, 6.45) is 4.44. The van der Waals surface area contributed by atoms with Gasteiger partial charge in [0.15, 0.2) is 13.2 Å². The summed E-state index contributed by atoms with van der Waals surface area (Å²) in [5, 5.41) is 5.93. The smallest absolute Gasteiger partial charge is 0.341 e. The van der Waals surface area contributed by atoms with E-state index < -0.39 is 66.8 Å². The lowest BCUT2D eigenvalue weighted by atomic mass is 9.88. The third kappa shape index (κ3) is 8.98. The molecule has 2 aliphatic carbocycles. The molecule has 17 heteroatoms. The minimum absolute atomic E-state index is 0.0828. The molecule has 15 nitrogen and oxygen atoms in total. The summed E-state index contributed by atoms with van der Waals surface area (Å²) < 4.78 is 20.7. The molecule has 2 aromatic carbocycles. The highest BCUT2D eigenvalue weighted by molar-refractivity contribution is 7.17. The average molecular weight is 870 g/mol. The van der Waals surface area contributed by atoms with E-state index >= 15 is 0 Å². The van der Waals surface area contributed by atoms with Crippen molar-refractivity contribution in [3.05, 3.63) is 103 Å². The van der Waals surface area contributed by atoms with Crippen LogP contribution in [0, 0.1) is 11.8 Å². The van der Waals surface area contributed by atoms with E-state index in [4.69, 9.17) is 18.9 Å². The molecule has 3 atom stereocenters. The van der Waals surface area contributed by atoms with Gasteiger partial charge in [-0.25, -0.2) is 19.2 Å². The number of carbonyl (C=O) groups is 8. The molecule has 0 fully saturated rings. The van der Waals surface area contributed by atoms with Crippen LogP contribution >= 0.6 is 22.7 Å². The van der Waals surface area contributed by atoms with Gasteiger partial charge in [-0.15, -0.1) is 22.7 Å². The molecule has 0 bridgehead atoms. The van der Waals surface area contributed by atoms with Gasteiger partial charge in [-0.1, -0.05) is 44.2 Å². The number of thiophene rings is 2. The van der Waals surface area contributed by atoms with E-state index in [0.29, 0.717) is 40.8 Å². The predicted molar refractivity (Wildman–Crippen MR) is 223 cm³/mol. The first-order valence-corrected chi connectivity index (χ1v) is 21.4. The van der Waals surface area contributed by atoms with Crippen LogP contribution in [-0.2, 0) is 65.4 Å². The molecule has 318 valence electrons. The molecule has 4 aromatic rings. The van der Waals surface area contributed by atoms with Gasteiger partial charge in [-0.05, 0) is 85.3 Å². The van der Waals surface area contributed by atoms with E-state index in [1.807, 2.05) is 0 Å². The number of methoxy groups -OCH3 is 2. The molecule has 0 saturated carbocycles. The number of imide groups is 1. The first kappa shape index (κ1) is 42.9. The molecule has 0 radical (unpaired) electrons. The van der Waals surface area contributed by atoms with Gasteiger partial charge in [-0.3, -0.25) is 24.1 Å². The molecule has 1 aliphatic heterocycles. The Kier molecular flexibility index (Phi) is 12.8. The Hall–Kier alpha value is -6.20. The first-order chi connectivity index (χ1) is 29.3. The number of carbonyl (C=O) groups excluding carboxylic acids is 8. The summed E-state index contributed by atoms with van der Waals surface area (Å²) in [6.45, 7) is 2.72. The van der Waals surface area contributed by atoms with Crippen LogP contribution in [0.5, 0.6) is 0 Å². The second-order valence-electron chi connectivity index (χ2n) is 15.3. The molecule has 2 N–H and O–H groups in total. The van der Waals surface area contributed by atoms with Crippen molar-refractivity contribution in [1.82, 2.24) is 4.90 Å². The normalized spacial score (nSPS) is 17.0. The molecule has 4 amide bonds. The van der Waals surface area contributed by atoms with Crippen molar-refractivity contribution in [3.63, 3.8) is 0 Å². The number of esters is 4. The monoisotopic (exact) mass is 869 g/mol. The average Bonchev–Trinajstić information content (AvgIpc) is 3.87. The summed E-state index contributed by atoms with van der Waals surface area (Å²) in [5.74, 6) is -5.50. The summed E-state index contributed by atoms with van der Waals surface area (Å²) in [7, 11) is 2.52. The minimum atomic E-state index is -1.51.